The molecule has 1 heterocycles. The number of alkyl carbamates (subject to hydrolysis) is 1. The number of hydrogen-bond acceptors (Lipinski definition) is 4. The molecule has 1 aliphatic rings. The summed E-state index contributed by atoms with van der Waals surface area (Å²) >= 11 is 0. The molecule has 92 valence electrons. The zero-order valence-electron chi connectivity index (χ0n) is 9.51. The second-order valence-electron chi connectivity index (χ2n) is 4.10. The molecule has 0 saturated carbocycles. The second-order valence-corrected chi connectivity index (χ2v) is 6.12. The van der Waals surface area contributed by atoms with Gasteiger partial charge < -0.3 is 10.1 Å². The fourth-order valence-electron chi connectivity index (χ4n) is 1.77. The van der Waals surface area contributed by atoms with Crippen LogP contribution in [0.2, 0.25) is 0 Å². The molecule has 0 bridgehead atoms. The van der Waals surface area contributed by atoms with Gasteiger partial charge in [0, 0.05) is 6.26 Å². The van der Waals surface area contributed by atoms with Crippen molar-refractivity contribution in [3.05, 3.63) is 29.8 Å². The first-order chi connectivity index (χ1) is 7.88. The molecular formula is C11H13NO4S. The van der Waals surface area contributed by atoms with Crippen molar-refractivity contribution in [2.45, 2.75) is 24.0 Å². The molecule has 1 saturated heterocycles. The summed E-state index contributed by atoms with van der Waals surface area (Å²) in [4.78, 5) is 11.3. The molecule has 6 heteroatoms. The number of cyclic esters (lactones) is 1. The Labute approximate surface area is 99.7 Å². The van der Waals surface area contributed by atoms with E-state index in [1.807, 2.05) is 6.92 Å². The first-order valence-electron chi connectivity index (χ1n) is 5.15. The monoisotopic (exact) mass is 255 g/mol. The van der Waals surface area contributed by atoms with Crippen LogP contribution in [0.5, 0.6) is 0 Å². The maximum atomic E-state index is 11.3. The van der Waals surface area contributed by atoms with Gasteiger partial charge in [0.1, 0.15) is 6.10 Å². The lowest BCUT2D eigenvalue weighted by molar-refractivity contribution is 0.134. The van der Waals surface area contributed by atoms with E-state index in [0.29, 0.717) is 0 Å². The van der Waals surface area contributed by atoms with Crippen LogP contribution in [-0.4, -0.2) is 26.8 Å². The third-order valence-electron chi connectivity index (χ3n) is 2.67. The highest BCUT2D eigenvalue weighted by Crippen LogP contribution is 2.26. The molecule has 0 aromatic heterocycles. The average Bonchev–Trinajstić information content (AvgIpc) is 2.57. The van der Waals surface area contributed by atoms with Gasteiger partial charge in [-0.2, -0.15) is 0 Å². The third kappa shape index (κ3) is 2.41. The number of amides is 1. The Kier molecular flexibility index (Phi) is 2.82. The molecule has 2 rings (SSSR count). The Morgan fingerprint density at radius 1 is 1.24 bits per heavy atom. The molecular weight excluding hydrogens is 242 g/mol. The third-order valence-corrected chi connectivity index (χ3v) is 3.80. The van der Waals surface area contributed by atoms with Crippen LogP contribution in [0.25, 0.3) is 0 Å². The molecule has 0 radical (unpaired) electrons. The first-order valence-corrected chi connectivity index (χ1v) is 7.04. The van der Waals surface area contributed by atoms with Gasteiger partial charge in [0.15, 0.2) is 9.84 Å². The lowest BCUT2D eigenvalue weighted by Gasteiger charge is -2.13. The number of ether oxygens (including phenoxy) is 1. The molecule has 1 N–H and O–H groups in total. The van der Waals surface area contributed by atoms with Gasteiger partial charge in [0.25, 0.3) is 0 Å². The van der Waals surface area contributed by atoms with E-state index in [1.165, 1.54) is 12.1 Å². The minimum Gasteiger partial charge on any atom is -0.439 e. The van der Waals surface area contributed by atoms with Gasteiger partial charge in [-0.1, -0.05) is 12.1 Å². The van der Waals surface area contributed by atoms with E-state index in [2.05, 4.69) is 5.32 Å². The van der Waals surface area contributed by atoms with Gasteiger partial charge in [0.2, 0.25) is 0 Å². The number of sulfone groups is 1. The van der Waals surface area contributed by atoms with Crippen LogP contribution in [0.3, 0.4) is 0 Å². The summed E-state index contributed by atoms with van der Waals surface area (Å²) in [5, 5.41) is 2.63. The Morgan fingerprint density at radius 3 is 2.24 bits per heavy atom. The van der Waals surface area contributed by atoms with Crippen molar-refractivity contribution in [2.75, 3.05) is 6.26 Å². The number of hydrogen-bond donors (Lipinski definition) is 1. The van der Waals surface area contributed by atoms with Crippen molar-refractivity contribution in [3.8, 4) is 0 Å². The Bertz CT molecular complexity index is 535. The van der Waals surface area contributed by atoms with Crippen LogP contribution in [0.4, 0.5) is 4.79 Å². The lowest BCUT2D eigenvalue weighted by Crippen LogP contribution is -2.23. The average molecular weight is 255 g/mol. The van der Waals surface area contributed by atoms with Gasteiger partial charge in [0.05, 0.1) is 10.9 Å². The lowest BCUT2D eigenvalue weighted by atomic mass is 10.0. The smallest absolute Gasteiger partial charge is 0.408 e. The van der Waals surface area contributed by atoms with Crippen molar-refractivity contribution in [2.24, 2.45) is 0 Å². The van der Waals surface area contributed by atoms with Crippen LogP contribution >= 0.6 is 0 Å². The number of nitrogens with one attached hydrogen (secondary N) is 1. The number of carbonyl (C=O) groups excluding carboxylic acids is 1. The highest BCUT2D eigenvalue weighted by Gasteiger charge is 2.31. The van der Waals surface area contributed by atoms with E-state index < -0.39 is 15.9 Å². The zero-order valence-corrected chi connectivity index (χ0v) is 10.3. The van der Waals surface area contributed by atoms with Crippen LogP contribution in [0, 0.1) is 0 Å². The summed E-state index contributed by atoms with van der Waals surface area (Å²) in [5.74, 6) is 0. The molecule has 1 aromatic carbocycles. The van der Waals surface area contributed by atoms with Gasteiger partial charge in [-0.25, -0.2) is 13.2 Å². The summed E-state index contributed by atoms with van der Waals surface area (Å²) in [7, 11) is -3.19. The van der Waals surface area contributed by atoms with E-state index in [0.717, 1.165) is 11.8 Å². The molecule has 0 aliphatic carbocycles. The Morgan fingerprint density at radius 2 is 1.82 bits per heavy atom. The fraction of sp³-hybridized carbons (Fsp3) is 0.364. The van der Waals surface area contributed by atoms with E-state index in [-0.39, 0.29) is 17.0 Å². The number of rotatable bonds is 2. The van der Waals surface area contributed by atoms with Crippen LogP contribution in [0.1, 0.15) is 18.6 Å². The van der Waals surface area contributed by atoms with Crippen molar-refractivity contribution < 1.29 is 17.9 Å². The Hall–Kier alpha value is -1.56. The van der Waals surface area contributed by atoms with Crippen LogP contribution in [0.15, 0.2) is 29.2 Å². The molecule has 2 unspecified atom stereocenters. The van der Waals surface area contributed by atoms with Crippen LogP contribution < -0.4 is 5.32 Å². The highest BCUT2D eigenvalue weighted by molar-refractivity contribution is 7.90. The van der Waals surface area contributed by atoms with Gasteiger partial charge in [-0.3, -0.25) is 0 Å². The van der Waals surface area contributed by atoms with E-state index in [4.69, 9.17) is 4.74 Å². The van der Waals surface area contributed by atoms with Crippen molar-refractivity contribution in [1.82, 2.24) is 5.32 Å². The Balaban J connectivity index is 2.27. The highest BCUT2D eigenvalue weighted by atomic mass is 32.2. The quantitative estimate of drug-likeness (QED) is 0.863. The van der Waals surface area contributed by atoms with Gasteiger partial charge >= 0.3 is 6.09 Å². The summed E-state index contributed by atoms with van der Waals surface area (Å²) in [6.45, 7) is 1.83. The summed E-state index contributed by atoms with van der Waals surface area (Å²) < 4.78 is 27.7. The number of benzene rings is 1. The maximum absolute atomic E-state index is 11.3. The molecule has 2 atom stereocenters. The molecule has 17 heavy (non-hydrogen) atoms. The standard InChI is InChI=1S/C11H13NO4S/c1-7-10(16-11(13)12-7)8-3-5-9(6-4-8)17(2,14)15/h3-7,10H,1-2H3,(H,12,13). The van der Waals surface area contributed by atoms with Crippen LogP contribution in [-0.2, 0) is 14.6 Å². The van der Waals surface area contributed by atoms with Crippen molar-refractivity contribution >= 4 is 15.9 Å². The predicted molar refractivity (Wildman–Crippen MR) is 61.4 cm³/mol. The molecule has 1 amide bonds. The second kappa shape index (κ2) is 4.03. The van der Waals surface area contributed by atoms with Gasteiger partial charge in [-0.15, -0.1) is 0 Å². The molecule has 0 spiro atoms. The van der Waals surface area contributed by atoms with E-state index in [1.54, 1.807) is 12.1 Å². The summed E-state index contributed by atoms with van der Waals surface area (Å²) in [5.41, 5.74) is 0.781. The zero-order chi connectivity index (χ0) is 12.6. The van der Waals surface area contributed by atoms with Gasteiger partial charge in [-0.05, 0) is 24.6 Å². The minimum absolute atomic E-state index is 0.119. The molecule has 1 aromatic rings. The van der Waals surface area contributed by atoms with E-state index in [9.17, 15) is 13.2 Å². The first kappa shape index (κ1) is 11.9. The normalized spacial score (nSPS) is 24.2. The largest absolute Gasteiger partial charge is 0.439 e. The topological polar surface area (TPSA) is 72.5 Å². The van der Waals surface area contributed by atoms with E-state index >= 15 is 0 Å². The number of carbonyl (C=O) groups is 1. The summed E-state index contributed by atoms with van der Waals surface area (Å²) in [6, 6.07) is 6.24. The molecule has 1 fully saturated rings. The molecule has 5 nitrogen and oxygen atoms in total. The fourth-order valence-corrected chi connectivity index (χ4v) is 2.40. The SMILES string of the molecule is CC1NC(=O)OC1c1ccc(S(C)(=O)=O)cc1. The minimum atomic E-state index is -3.19. The van der Waals surface area contributed by atoms with Crippen molar-refractivity contribution in [3.63, 3.8) is 0 Å². The molecule has 1 aliphatic heterocycles. The predicted octanol–water partition coefficient (Wildman–Crippen LogP) is 1.26. The summed E-state index contributed by atoms with van der Waals surface area (Å²) in [6.07, 6.45) is 0.340. The van der Waals surface area contributed by atoms with Crippen molar-refractivity contribution in [1.29, 1.82) is 0 Å². The maximum Gasteiger partial charge on any atom is 0.408 e.